The minimum Gasteiger partial charge on any atom is -0.488 e. The first kappa shape index (κ1) is 19.0. The molecular weight excluding hydrogens is 344 g/mol. The lowest BCUT2D eigenvalue weighted by Gasteiger charge is -2.42. The maximum Gasteiger partial charge on any atom is 0.343 e. The fourth-order valence-corrected chi connectivity index (χ4v) is 3.78. The van der Waals surface area contributed by atoms with Crippen molar-refractivity contribution in [2.75, 3.05) is 0 Å². The third kappa shape index (κ3) is 4.30. The van der Waals surface area contributed by atoms with Crippen LogP contribution in [0, 0.1) is 0 Å². The quantitative estimate of drug-likeness (QED) is 0.641. The van der Waals surface area contributed by atoms with E-state index in [1.807, 2.05) is 12.1 Å². The molecular formula is C22H24O5. The van der Waals surface area contributed by atoms with Crippen molar-refractivity contribution >= 4 is 11.9 Å². The van der Waals surface area contributed by atoms with Crippen molar-refractivity contribution in [2.24, 2.45) is 0 Å². The maximum atomic E-state index is 12.5. The molecule has 27 heavy (non-hydrogen) atoms. The molecule has 0 unspecified atom stereocenters. The fourth-order valence-electron chi connectivity index (χ4n) is 3.78. The van der Waals surface area contributed by atoms with Crippen molar-refractivity contribution in [1.82, 2.24) is 0 Å². The first-order valence-electron chi connectivity index (χ1n) is 8.92. The Morgan fingerprint density at radius 2 is 1.74 bits per heavy atom. The zero-order chi connectivity index (χ0) is 19.8. The largest absolute Gasteiger partial charge is 0.488 e. The molecule has 1 aliphatic rings. The summed E-state index contributed by atoms with van der Waals surface area (Å²) in [5.41, 5.74) is 1.73. The number of esters is 1. The number of rotatable bonds is 4. The molecule has 2 aromatic rings. The van der Waals surface area contributed by atoms with Crippen LogP contribution in [0.25, 0.3) is 0 Å². The Bertz CT molecular complexity index is 878. The average Bonchev–Trinajstić information content (AvgIpc) is 2.54. The fraction of sp³-hybridized carbons (Fsp3) is 0.364. The van der Waals surface area contributed by atoms with E-state index in [0.29, 0.717) is 16.9 Å². The zero-order valence-corrected chi connectivity index (χ0v) is 16.0. The first-order chi connectivity index (χ1) is 12.6. The zero-order valence-electron chi connectivity index (χ0n) is 16.0. The summed E-state index contributed by atoms with van der Waals surface area (Å²) in [6.07, 6.45) is 0.779. The lowest BCUT2D eigenvalue weighted by Crippen LogP contribution is -2.41. The molecule has 0 saturated heterocycles. The molecule has 0 radical (unpaired) electrons. The van der Waals surface area contributed by atoms with Crippen molar-refractivity contribution in [3.8, 4) is 11.5 Å². The second-order valence-corrected chi connectivity index (χ2v) is 8.24. The van der Waals surface area contributed by atoms with Crippen molar-refractivity contribution in [2.45, 2.75) is 51.6 Å². The third-order valence-corrected chi connectivity index (χ3v) is 4.69. The Morgan fingerprint density at radius 1 is 1.07 bits per heavy atom. The van der Waals surface area contributed by atoms with Gasteiger partial charge in [-0.3, -0.25) is 4.79 Å². The molecule has 142 valence electrons. The van der Waals surface area contributed by atoms with E-state index in [0.717, 1.165) is 17.7 Å². The van der Waals surface area contributed by atoms with Crippen LogP contribution in [0.5, 0.6) is 11.5 Å². The summed E-state index contributed by atoms with van der Waals surface area (Å²) in [4.78, 5) is 23.3. The number of fused-ring (bicyclic) bond motifs is 1. The number of aliphatic carboxylic acids is 1. The lowest BCUT2D eigenvalue weighted by atomic mass is 9.73. The van der Waals surface area contributed by atoms with Crippen molar-refractivity contribution < 1.29 is 24.2 Å². The van der Waals surface area contributed by atoms with Gasteiger partial charge in [0.25, 0.3) is 0 Å². The van der Waals surface area contributed by atoms with Crippen LogP contribution in [0.2, 0.25) is 0 Å². The van der Waals surface area contributed by atoms with E-state index >= 15 is 0 Å². The van der Waals surface area contributed by atoms with E-state index in [4.69, 9.17) is 14.6 Å². The van der Waals surface area contributed by atoms with Gasteiger partial charge in [0.2, 0.25) is 0 Å². The van der Waals surface area contributed by atoms with Crippen LogP contribution in [0.4, 0.5) is 0 Å². The highest BCUT2D eigenvalue weighted by molar-refractivity contribution is 5.91. The minimum atomic E-state index is -0.901. The Morgan fingerprint density at radius 3 is 2.37 bits per heavy atom. The van der Waals surface area contributed by atoms with Gasteiger partial charge in [0.1, 0.15) is 17.1 Å². The highest BCUT2D eigenvalue weighted by Crippen LogP contribution is 2.44. The number of ether oxygens (including phenoxy) is 2. The van der Waals surface area contributed by atoms with Gasteiger partial charge in [-0.1, -0.05) is 26.0 Å². The van der Waals surface area contributed by atoms with E-state index in [-0.39, 0.29) is 17.4 Å². The van der Waals surface area contributed by atoms with Gasteiger partial charge in [-0.2, -0.15) is 0 Å². The Balaban J connectivity index is 1.79. The van der Waals surface area contributed by atoms with Crippen LogP contribution in [0.3, 0.4) is 0 Å². The molecule has 1 N–H and O–H groups in total. The van der Waals surface area contributed by atoms with Crippen molar-refractivity contribution in [3.05, 3.63) is 59.2 Å². The Hall–Kier alpha value is -2.82. The number of carbonyl (C=O) groups excluding carboxylic acids is 1. The number of hydrogen-bond donors (Lipinski definition) is 1. The van der Waals surface area contributed by atoms with Gasteiger partial charge in [0.15, 0.2) is 0 Å². The topological polar surface area (TPSA) is 72.8 Å². The van der Waals surface area contributed by atoms with Crippen molar-refractivity contribution in [3.63, 3.8) is 0 Å². The molecule has 5 nitrogen and oxygen atoms in total. The van der Waals surface area contributed by atoms with E-state index in [2.05, 4.69) is 27.7 Å². The molecule has 0 saturated carbocycles. The van der Waals surface area contributed by atoms with Crippen LogP contribution in [0.15, 0.2) is 42.5 Å². The molecule has 1 heterocycles. The van der Waals surface area contributed by atoms with Crippen LogP contribution < -0.4 is 9.47 Å². The number of carboxylic acids is 1. The first-order valence-corrected chi connectivity index (χ1v) is 8.92. The number of carbonyl (C=O) groups is 2. The molecule has 1 aliphatic heterocycles. The summed E-state index contributed by atoms with van der Waals surface area (Å²) >= 11 is 0. The molecule has 5 heteroatoms. The summed E-state index contributed by atoms with van der Waals surface area (Å²) in [5, 5.41) is 8.81. The van der Waals surface area contributed by atoms with Gasteiger partial charge < -0.3 is 14.6 Å². The van der Waals surface area contributed by atoms with E-state index in [9.17, 15) is 9.59 Å². The minimum absolute atomic E-state index is 0.0650. The van der Waals surface area contributed by atoms with Gasteiger partial charge in [-0.25, -0.2) is 4.79 Å². The smallest absolute Gasteiger partial charge is 0.343 e. The summed E-state index contributed by atoms with van der Waals surface area (Å²) in [7, 11) is 0. The van der Waals surface area contributed by atoms with E-state index in [1.165, 1.54) is 0 Å². The molecule has 0 spiro atoms. The normalized spacial score (nSPS) is 16.7. The number of benzene rings is 2. The molecule has 0 bridgehead atoms. The van der Waals surface area contributed by atoms with Gasteiger partial charge in [0, 0.05) is 5.56 Å². The predicted molar refractivity (Wildman–Crippen MR) is 102 cm³/mol. The summed E-state index contributed by atoms with van der Waals surface area (Å²) < 4.78 is 11.5. The van der Waals surface area contributed by atoms with E-state index in [1.54, 1.807) is 30.3 Å². The van der Waals surface area contributed by atoms with Gasteiger partial charge in [0.05, 0.1) is 12.0 Å². The summed E-state index contributed by atoms with van der Waals surface area (Å²) in [6.45, 7) is 8.42. The van der Waals surface area contributed by atoms with Crippen LogP contribution in [-0.4, -0.2) is 22.6 Å². The van der Waals surface area contributed by atoms with Crippen LogP contribution in [-0.2, 0) is 16.6 Å². The van der Waals surface area contributed by atoms with Crippen LogP contribution in [0.1, 0.15) is 55.6 Å². The molecule has 0 aliphatic carbocycles. The van der Waals surface area contributed by atoms with Crippen LogP contribution >= 0.6 is 0 Å². The summed E-state index contributed by atoms with van der Waals surface area (Å²) in [6, 6.07) is 11.9. The molecule has 0 fully saturated rings. The lowest BCUT2D eigenvalue weighted by molar-refractivity contribution is -0.136. The second-order valence-electron chi connectivity index (χ2n) is 8.24. The van der Waals surface area contributed by atoms with Crippen molar-refractivity contribution in [1.29, 1.82) is 0 Å². The maximum absolute atomic E-state index is 12.5. The molecule has 3 rings (SSSR count). The molecule has 0 aromatic heterocycles. The summed E-state index contributed by atoms with van der Waals surface area (Å²) in [5.74, 6) is -0.180. The molecule has 0 amide bonds. The Labute approximate surface area is 158 Å². The van der Waals surface area contributed by atoms with Gasteiger partial charge in [-0.05, 0) is 61.6 Å². The van der Waals surface area contributed by atoms with Gasteiger partial charge >= 0.3 is 11.9 Å². The SMILES string of the molecule is CC1(C)CC(C)(C)c2cc(C(=O)Oc3ccc(CC(=O)O)cc3)ccc2O1. The van der Waals surface area contributed by atoms with E-state index < -0.39 is 11.9 Å². The third-order valence-electron chi connectivity index (χ3n) is 4.69. The second kappa shape index (κ2) is 6.72. The highest BCUT2D eigenvalue weighted by Gasteiger charge is 2.39. The molecule has 2 aromatic carbocycles. The average molecular weight is 368 g/mol. The monoisotopic (exact) mass is 368 g/mol. The van der Waals surface area contributed by atoms with Gasteiger partial charge in [-0.15, -0.1) is 0 Å². The standard InChI is InChI=1S/C22H24O5/c1-21(2)13-22(3,4)27-18-10-7-15(12-17(18)21)20(25)26-16-8-5-14(6-9-16)11-19(23)24/h5-10,12H,11,13H2,1-4H3,(H,23,24). The Kier molecular flexibility index (Phi) is 4.72. The predicted octanol–water partition coefficient (Wildman–Crippen LogP) is 4.37. The highest BCUT2D eigenvalue weighted by atomic mass is 16.5. The molecule has 0 atom stereocenters. The number of hydrogen-bond acceptors (Lipinski definition) is 4. The number of carboxylic acid groups (broad SMARTS) is 1.